The Labute approximate surface area is 396 Å². The molecule has 17 heteroatoms. The van der Waals surface area contributed by atoms with Crippen molar-refractivity contribution in [2.75, 3.05) is 80.6 Å². The summed E-state index contributed by atoms with van der Waals surface area (Å²) < 4.78 is 1.73. The number of piperazine rings is 1. The first-order chi connectivity index (χ1) is 32.5. The fourth-order valence-electron chi connectivity index (χ4n) is 11.7. The first kappa shape index (κ1) is 45.3. The van der Waals surface area contributed by atoms with Gasteiger partial charge in [-0.2, -0.15) is 4.98 Å². The zero-order valence-electron chi connectivity index (χ0n) is 38.8. The van der Waals surface area contributed by atoms with Crippen molar-refractivity contribution in [1.82, 2.24) is 39.5 Å². The Bertz CT molecular complexity index is 2610. The number of nitrogens with zero attached hydrogens (tertiary/aromatic N) is 9. The Hall–Kier alpha value is -5.45. The predicted octanol–water partition coefficient (Wildman–Crippen LogP) is 6.11. The van der Waals surface area contributed by atoms with Crippen LogP contribution < -0.4 is 26.0 Å². The van der Waals surface area contributed by atoms with Gasteiger partial charge in [0.1, 0.15) is 17.5 Å². The van der Waals surface area contributed by atoms with Gasteiger partial charge in [0.25, 0.3) is 11.5 Å². The Balaban J connectivity index is 0.647. The number of nitrogens with one attached hydrogen (secondary N) is 2. The van der Waals surface area contributed by atoms with Gasteiger partial charge in [-0.15, -0.1) is 0 Å². The Morgan fingerprint density at radius 2 is 1.51 bits per heavy atom. The standard InChI is InChI=1S/C50H62ClN11O5/c1-31-38-29-53-50(56-46(38)62(35-5-3-4-6-35)49(67)44(31)32(2)63)54-42-11-7-36(28-52-42)59-25-23-58(24-26-59)22-21-57-17-13-33(14-18-57)27-34-15-19-60(20-16-34)40-9-8-37-39(45(40)51)30-61(48(37)66)41-10-12-43(64)55-47(41)65/h7-9,11,28-29,33-35,41H,3-6,10,12-27,30H2,1-2H3,(H,55,64,65)(H,52,53,54,56). The molecule has 1 saturated carbocycles. The average molecular weight is 933 g/mol. The second kappa shape index (κ2) is 19.3. The number of piperidine rings is 3. The van der Waals surface area contributed by atoms with Gasteiger partial charge in [-0.1, -0.05) is 24.4 Å². The number of fused-ring (bicyclic) bond motifs is 2. The lowest BCUT2D eigenvalue weighted by atomic mass is 9.82. The Morgan fingerprint density at radius 3 is 2.18 bits per heavy atom. The van der Waals surface area contributed by atoms with Crippen molar-refractivity contribution in [1.29, 1.82) is 0 Å². The van der Waals surface area contributed by atoms with Crippen LogP contribution in [-0.4, -0.2) is 129 Å². The molecule has 0 radical (unpaired) electrons. The third-order valence-corrected chi connectivity index (χ3v) is 16.1. The number of pyridine rings is 2. The molecule has 4 saturated heterocycles. The molecule has 1 aliphatic carbocycles. The van der Waals surface area contributed by atoms with Gasteiger partial charge in [0.05, 0.1) is 28.2 Å². The number of hydrogen-bond acceptors (Lipinski definition) is 13. The molecule has 3 aromatic heterocycles. The zero-order chi connectivity index (χ0) is 46.3. The monoisotopic (exact) mass is 931 g/mol. The van der Waals surface area contributed by atoms with Crippen molar-refractivity contribution in [3.05, 3.63) is 74.3 Å². The van der Waals surface area contributed by atoms with E-state index in [0.29, 0.717) is 45.9 Å². The SMILES string of the molecule is CC(=O)c1c(C)c2cnc(Nc3ccc(N4CCN(CCN5CCC(CC6CCN(c7ccc8c(c7Cl)CN(C7CCC(=O)NC7=O)C8=O)CC6)CC5)CC4)cn3)nc2n(C2CCCC2)c1=O. The van der Waals surface area contributed by atoms with Gasteiger partial charge in [-0.25, -0.2) is 9.97 Å². The first-order valence-corrected chi connectivity index (χ1v) is 24.9. The second-order valence-electron chi connectivity index (χ2n) is 19.7. The number of carbonyl (C=O) groups is 4. The third-order valence-electron chi connectivity index (χ3n) is 15.7. The van der Waals surface area contributed by atoms with Gasteiger partial charge in [0.15, 0.2) is 5.78 Å². The van der Waals surface area contributed by atoms with Crippen LogP contribution in [0, 0.1) is 18.8 Å². The number of amides is 3. The smallest absolute Gasteiger partial charge is 0.263 e. The van der Waals surface area contributed by atoms with Crippen molar-refractivity contribution in [3.63, 3.8) is 0 Å². The van der Waals surface area contributed by atoms with Gasteiger partial charge >= 0.3 is 0 Å². The molecule has 6 aliphatic rings. The lowest BCUT2D eigenvalue weighted by Gasteiger charge is -2.39. The number of hydrogen-bond donors (Lipinski definition) is 2. The highest BCUT2D eigenvalue weighted by atomic mass is 35.5. The average Bonchev–Trinajstić information content (AvgIpc) is 3.98. The maximum Gasteiger partial charge on any atom is 0.263 e. The highest BCUT2D eigenvalue weighted by Crippen LogP contribution is 2.40. The fourth-order valence-corrected chi connectivity index (χ4v) is 12.1. The quantitative estimate of drug-likeness (QED) is 0.123. The normalized spacial score (nSPS) is 21.7. The molecule has 3 amide bonds. The molecule has 1 unspecified atom stereocenters. The van der Waals surface area contributed by atoms with Crippen molar-refractivity contribution >= 4 is 69.3 Å². The zero-order valence-corrected chi connectivity index (χ0v) is 39.5. The van der Waals surface area contributed by atoms with Crippen molar-refractivity contribution in [2.45, 2.75) is 103 Å². The summed E-state index contributed by atoms with van der Waals surface area (Å²) >= 11 is 6.99. The summed E-state index contributed by atoms with van der Waals surface area (Å²) in [5, 5.41) is 6.95. The van der Waals surface area contributed by atoms with E-state index in [0.717, 1.165) is 119 Å². The van der Waals surface area contributed by atoms with E-state index in [1.807, 2.05) is 24.4 Å². The summed E-state index contributed by atoms with van der Waals surface area (Å²) in [5.41, 5.74) is 4.55. The van der Waals surface area contributed by atoms with Crippen LogP contribution in [-0.2, 0) is 16.1 Å². The van der Waals surface area contributed by atoms with Crippen LogP contribution in [0.2, 0.25) is 5.02 Å². The van der Waals surface area contributed by atoms with Crippen LogP contribution in [0.15, 0.2) is 41.5 Å². The molecule has 0 bridgehead atoms. The van der Waals surface area contributed by atoms with E-state index in [9.17, 15) is 24.0 Å². The van der Waals surface area contributed by atoms with Crippen molar-refractivity contribution < 1.29 is 19.2 Å². The number of benzene rings is 1. The van der Waals surface area contributed by atoms with Crippen molar-refractivity contribution in [3.8, 4) is 0 Å². The van der Waals surface area contributed by atoms with Crippen LogP contribution >= 0.6 is 11.6 Å². The van der Waals surface area contributed by atoms with Gasteiger partial charge in [0.2, 0.25) is 17.8 Å². The molecule has 16 nitrogen and oxygen atoms in total. The lowest BCUT2D eigenvalue weighted by molar-refractivity contribution is -0.136. The summed E-state index contributed by atoms with van der Waals surface area (Å²) in [5.74, 6) is 1.35. The molecule has 4 aromatic rings. The number of Topliss-reactive ketones (excluding diaryl/α,β-unsaturated/α-hetero) is 1. The number of anilines is 4. The van der Waals surface area contributed by atoms with Crippen molar-refractivity contribution in [2.24, 2.45) is 11.8 Å². The molecule has 1 atom stereocenters. The van der Waals surface area contributed by atoms with Gasteiger partial charge < -0.3 is 24.9 Å². The first-order valence-electron chi connectivity index (χ1n) is 24.6. The minimum Gasteiger partial charge on any atom is -0.370 e. The highest BCUT2D eigenvalue weighted by molar-refractivity contribution is 6.35. The molecule has 2 N–H and O–H groups in total. The topological polar surface area (TPSA) is 169 Å². The number of aromatic nitrogens is 4. The second-order valence-corrected chi connectivity index (χ2v) is 20.1. The van der Waals surface area contributed by atoms with E-state index in [2.05, 4.69) is 41.3 Å². The lowest BCUT2D eigenvalue weighted by Crippen LogP contribution is -2.52. The number of ketones is 1. The predicted molar refractivity (Wildman–Crippen MR) is 258 cm³/mol. The molecule has 1 aromatic carbocycles. The van der Waals surface area contributed by atoms with Crippen LogP contribution in [0.5, 0.6) is 0 Å². The van der Waals surface area contributed by atoms with E-state index in [-0.39, 0.29) is 47.7 Å². The third kappa shape index (κ3) is 9.28. The molecule has 354 valence electrons. The van der Waals surface area contributed by atoms with Gasteiger partial charge in [0, 0.05) is 94.1 Å². The minimum absolute atomic E-state index is 0.0217. The van der Waals surface area contributed by atoms with Gasteiger partial charge in [-0.3, -0.25) is 38.8 Å². The van der Waals surface area contributed by atoms with Crippen LogP contribution in [0.25, 0.3) is 11.0 Å². The van der Waals surface area contributed by atoms with E-state index in [1.165, 1.54) is 39.3 Å². The maximum absolute atomic E-state index is 13.6. The van der Waals surface area contributed by atoms with E-state index in [4.69, 9.17) is 21.6 Å². The van der Waals surface area contributed by atoms with Crippen LogP contribution in [0.1, 0.15) is 115 Å². The number of halogens is 1. The molecule has 5 fully saturated rings. The summed E-state index contributed by atoms with van der Waals surface area (Å²) in [6.45, 7) is 13.9. The highest BCUT2D eigenvalue weighted by Gasteiger charge is 2.41. The fraction of sp³-hybridized carbons (Fsp3) is 0.560. The Morgan fingerprint density at radius 1 is 0.806 bits per heavy atom. The van der Waals surface area contributed by atoms with Crippen LogP contribution in [0.3, 0.4) is 0 Å². The van der Waals surface area contributed by atoms with E-state index in [1.54, 1.807) is 22.6 Å². The number of imide groups is 1. The largest absolute Gasteiger partial charge is 0.370 e. The minimum atomic E-state index is -0.648. The number of rotatable bonds is 12. The van der Waals surface area contributed by atoms with E-state index >= 15 is 0 Å². The Kier molecular flexibility index (Phi) is 13.0. The summed E-state index contributed by atoms with van der Waals surface area (Å²) in [7, 11) is 0. The molecule has 5 aliphatic heterocycles. The molecule has 67 heavy (non-hydrogen) atoms. The number of carbonyl (C=O) groups excluding carboxylic acids is 4. The van der Waals surface area contributed by atoms with E-state index < -0.39 is 11.9 Å². The van der Waals surface area contributed by atoms with Crippen LogP contribution in [0.4, 0.5) is 23.1 Å². The number of likely N-dealkylation sites (tertiary alicyclic amines) is 1. The molecule has 10 rings (SSSR count). The maximum atomic E-state index is 13.6. The summed E-state index contributed by atoms with van der Waals surface area (Å²) in [6, 6.07) is 7.24. The molecular formula is C50H62ClN11O5. The molecule has 0 spiro atoms. The summed E-state index contributed by atoms with van der Waals surface area (Å²) in [6.07, 6.45) is 14.1. The molecular weight excluding hydrogens is 870 g/mol. The summed E-state index contributed by atoms with van der Waals surface area (Å²) in [4.78, 5) is 89.3. The van der Waals surface area contributed by atoms with Gasteiger partial charge in [-0.05, 0) is 120 Å². The molecule has 8 heterocycles. The number of aryl methyl sites for hydroxylation is 1.